The van der Waals surface area contributed by atoms with Crippen LogP contribution in [0.15, 0.2) is 46.0 Å². The van der Waals surface area contributed by atoms with Crippen LogP contribution in [-0.2, 0) is 10.0 Å². The maximum Gasteiger partial charge on any atom is 0.263 e. The van der Waals surface area contributed by atoms with Crippen LogP contribution in [0.2, 0.25) is 5.02 Å². The minimum atomic E-state index is -3.79. The normalized spacial score (nSPS) is 11.3. The number of halogens is 2. The Hall–Kier alpha value is -1.31. The van der Waals surface area contributed by atoms with Gasteiger partial charge in [0.05, 0.1) is 22.6 Å². The van der Waals surface area contributed by atoms with Crippen LogP contribution in [0.5, 0.6) is 0 Å². The van der Waals surface area contributed by atoms with Crippen molar-refractivity contribution in [3.8, 4) is 0 Å². The van der Waals surface area contributed by atoms with Crippen LogP contribution in [0, 0.1) is 0 Å². The van der Waals surface area contributed by atoms with Crippen LogP contribution in [0.25, 0.3) is 0 Å². The number of nitrogens with one attached hydrogen (secondary N) is 1. The van der Waals surface area contributed by atoms with Gasteiger partial charge >= 0.3 is 0 Å². The van der Waals surface area contributed by atoms with Gasteiger partial charge in [0.25, 0.3) is 10.0 Å². The van der Waals surface area contributed by atoms with Crippen molar-refractivity contribution in [3.63, 3.8) is 0 Å². The summed E-state index contributed by atoms with van der Waals surface area (Å²) in [7, 11) is -3.79. The molecule has 0 radical (unpaired) electrons. The topological polar surface area (TPSA) is 85.1 Å². The number of benzene rings is 1. The van der Waals surface area contributed by atoms with Crippen molar-refractivity contribution in [2.45, 2.75) is 4.90 Å². The molecule has 0 amide bonds. The number of rotatable bonds is 3. The summed E-state index contributed by atoms with van der Waals surface area (Å²) >= 11 is 9.14. The highest BCUT2D eigenvalue weighted by Crippen LogP contribution is 2.28. The molecule has 2 rings (SSSR count). The Balaban J connectivity index is 2.41. The molecule has 19 heavy (non-hydrogen) atoms. The number of nitrogens with two attached hydrogens (primary N) is 1. The monoisotopic (exact) mass is 361 g/mol. The molecule has 0 fully saturated rings. The number of anilines is 2. The highest BCUT2D eigenvalue weighted by molar-refractivity contribution is 9.10. The van der Waals surface area contributed by atoms with Crippen molar-refractivity contribution in [2.24, 2.45) is 0 Å². The lowest BCUT2D eigenvalue weighted by Crippen LogP contribution is -2.14. The first-order chi connectivity index (χ1) is 8.90. The molecule has 0 bridgehead atoms. The summed E-state index contributed by atoms with van der Waals surface area (Å²) in [5.41, 5.74) is 6.13. The van der Waals surface area contributed by atoms with Gasteiger partial charge in [-0.25, -0.2) is 8.42 Å². The number of hydrogen-bond donors (Lipinski definition) is 2. The standard InChI is InChI=1S/C11H9BrClN3O2S/c12-7-1-2-11(8(13)5-7)19(17,18)16-10-3-4-15-6-9(10)14/h1-6H,14H2,(H,15,16). The molecule has 0 saturated carbocycles. The summed E-state index contributed by atoms with van der Waals surface area (Å²) in [6.45, 7) is 0. The van der Waals surface area contributed by atoms with E-state index in [1.54, 1.807) is 6.07 Å². The van der Waals surface area contributed by atoms with E-state index < -0.39 is 10.0 Å². The second kappa shape index (κ2) is 5.36. The first kappa shape index (κ1) is 14.1. The molecule has 0 aliphatic carbocycles. The van der Waals surface area contributed by atoms with Gasteiger partial charge in [-0.3, -0.25) is 9.71 Å². The van der Waals surface area contributed by atoms with E-state index in [1.165, 1.54) is 30.6 Å². The van der Waals surface area contributed by atoms with Crippen molar-refractivity contribution in [2.75, 3.05) is 10.5 Å². The number of sulfonamides is 1. The summed E-state index contributed by atoms with van der Waals surface area (Å²) in [5.74, 6) is 0. The molecule has 0 aliphatic rings. The fourth-order valence-corrected chi connectivity index (χ4v) is 3.52. The highest BCUT2D eigenvalue weighted by atomic mass is 79.9. The number of nitrogen functional groups attached to an aromatic ring is 1. The van der Waals surface area contributed by atoms with E-state index in [-0.39, 0.29) is 21.3 Å². The predicted molar refractivity (Wildman–Crippen MR) is 78.6 cm³/mol. The van der Waals surface area contributed by atoms with E-state index in [1.807, 2.05) is 0 Å². The molecule has 1 heterocycles. The molecule has 2 aromatic rings. The third kappa shape index (κ3) is 3.17. The molecule has 1 aromatic heterocycles. The molecule has 0 unspecified atom stereocenters. The van der Waals surface area contributed by atoms with Gasteiger partial charge in [-0.05, 0) is 24.3 Å². The van der Waals surface area contributed by atoms with Crippen molar-refractivity contribution < 1.29 is 8.42 Å². The number of pyridine rings is 1. The van der Waals surface area contributed by atoms with E-state index in [0.29, 0.717) is 4.47 Å². The second-order valence-electron chi connectivity index (χ2n) is 3.64. The summed E-state index contributed by atoms with van der Waals surface area (Å²) in [4.78, 5) is 3.76. The molecule has 1 aromatic carbocycles. The largest absolute Gasteiger partial charge is 0.396 e. The van der Waals surface area contributed by atoms with E-state index in [2.05, 4.69) is 25.6 Å². The van der Waals surface area contributed by atoms with Gasteiger partial charge in [-0.15, -0.1) is 0 Å². The van der Waals surface area contributed by atoms with Crippen LogP contribution < -0.4 is 10.5 Å². The van der Waals surface area contributed by atoms with Crippen molar-refractivity contribution in [1.82, 2.24) is 4.98 Å². The van der Waals surface area contributed by atoms with Crippen LogP contribution >= 0.6 is 27.5 Å². The molecule has 3 N–H and O–H groups in total. The quantitative estimate of drug-likeness (QED) is 0.879. The van der Waals surface area contributed by atoms with Gasteiger partial charge in [-0.2, -0.15) is 0 Å². The summed E-state index contributed by atoms with van der Waals surface area (Å²) in [6, 6.07) is 5.98. The van der Waals surface area contributed by atoms with Gasteiger partial charge in [0, 0.05) is 10.7 Å². The average molecular weight is 363 g/mol. The minimum Gasteiger partial charge on any atom is -0.396 e. The van der Waals surface area contributed by atoms with Crippen molar-refractivity contribution in [3.05, 3.63) is 46.2 Å². The van der Waals surface area contributed by atoms with Crippen molar-refractivity contribution >= 4 is 48.9 Å². The summed E-state index contributed by atoms with van der Waals surface area (Å²) in [5, 5.41) is 0.120. The number of hydrogen-bond acceptors (Lipinski definition) is 4. The Morgan fingerprint density at radius 1 is 1.32 bits per heavy atom. The molecule has 8 heteroatoms. The highest BCUT2D eigenvalue weighted by Gasteiger charge is 2.19. The SMILES string of the molecule is Nc1cnccc1NS(=O)(=O)c1ccc(Br)cc1Cl. The van der Waals surface area contributed by atoms with Crippen LogP contribution in [0.1, 0.15) is 0 Å². The van der Waals surface area contributed by atoms with Gasteiger partial charge < -0.3 is 5.73 Å². The Labute approximate surface area is 124 Å². The van der Waals surface area contributed by atoms with Gasteiger partial charge in [0.2, 0.25) is 0 Å². The zero-order valence-electron chi connectivity index (χ0n) is 9.47. The Kier molecular flexibility index (Phi) is 3.98. The zero-order chi connectivity index (χ0) is 14.0. The molecular weight excluding hydrogens is 354 g/mol. The van der Waals surface area contributed by atoms with E-state index in [4.69, 9.17) is 17.3 Å². The maximum atomic E-state index is 12.2. The van der Waals surface area contributed by atoms with E-state index in [9.17, 15) is 8.42 Å². The molecule has 0 aliphatic heterocycles. The number of aromatic nitrogens is 1. The maximum absolute atomic E-state index is 12.2. The molecule has 100 valence electrons. The zero-order valence-corrected chi connectivity index (χ0v) is 12.6. The number of nitrogens with zero attached hydrogens (tertiary/aromatic N) is 1. The van der Waals surface area contributed by atoms with Crippen LogP contribution in [0.3, 0.4) is 0 Å². The first-order valence-corrected chi connectivity index (χ1v) is 7.73. The molecule has 0 saturated heterocycles. The van der Waals surface area contributed by atoms with Crippen molar-refractivity contribution in [1.29, 1.82) is 0 Å². The van der Waals surface area contributed by atoms with Gasteiger partial charge in [0.1, 0.15) is 4.90 Å². The Bertz CT molecular complexity index is 722. The molecule has 0 atom stereocenters. The van der Waals surface area contributed by atoms with E-state index >= 15 is 0 Å². The minimum absolute atomic E-state index is 0.0198. The fraction of sp³-hybridized carbons (Fsp3) is 0. The fourth-order valence-electron chi connectivity index (χ4n) is 1.39. The van der Waals surface area contributed by atoms with E-state index in [0.717, 1.165) is 0 Å². The Morgan fingerprint density at radius 3 is 2.68 bits per heavy atom. The van der Waals surface area contributed by atoms with Gasteiger partial charge in [0.15, 0.2) is 0 Å². The van der Waals surface area contributed by atoms with Crippen LogP contribution in [-0.4, -0.2) is 13.4 Å². The molecule has 5 nitrogen and oxygen atoms in total. The lowest BCUT2D eigenvalue weighted by atomic mass is 10.4. The smallest absolute Gasteiger partial charge is 0.263 e. The lowest BCUT2D eigenvalue weighted by Gasteiger charge is -2.11. The predicted octanol–water partition coefficient (Wildman–Crippen LogP) is 2.88. The van der Waals surface area contributed by atoms with Gasteiger partial charge in [-0.1, -0.05) is 27.5 Å². The molecular formula is C11H9BrClN3O2S. The third-order valence-corrected chi connectivity index (χ3v) is 4.62. The summed E-state index contributed by atoms with van der Waals surface area (Å²) in [6.07, 6.45) is 2.80. The first-order valence-electron chi connectivity index (χ1n) is 5.07. The average Bonchev–Trinajstić information content (AvgIpc) is 2.31. The third-order valence-electron chi connectivity index (χ3n) is 2.28. The summed E-state index contributed by atoms with van der Waals surface area (Å²) < 4.78 is 27.5. The second-order valence-corrected chi connectivity index (χ2v) is 6.62. The lowest BCUT2D eigenvalue weighted by molar-refractivity contribution is 0.601. The Morgan fingerprint density at radius 2 is 2.05 bits per heavy atom. The molecule has 0 spiro atoms. The van der Waals surface area contributed by atoms with Crippen LogP contribution in [0.4, 0.5) is 11.4 Å².